The van der Waals surface area contributed by atoms with Crippen molar-refractivity contribution in [3.05, 3.63) is 0 Å². The number of rotatable bonds is 14. The normalized spacial score (nSPS) is 17.4. The zero-order valence-electron chi connectivity index (χ0n) is 13.5. The lowest BCUT2D eigenvalue weighted by molar-refractivity contribution is -0.0903. The number of hydrogen-bond donors (Lipinski definition) is 2. The van der Waals surface area contributed by atoms with Gasteiger partial charge in [0, 0.05) is 0 Å². The van der Waals surface area contributed by atoms with E-state index in [0.717, 1.165) is 19.3 Å². The first-order chi connectivity index (χ1) is 9.97. The maximum atomic E-state index is 12.3. The van der Waals surface area contributed by atoms with Gasteiger partial charge in [-0.15, -0.1) is 0 Å². The third-order valence-electron chi connectivity index (χ3n) is 2.95. The van der Waals surface area contributed by atoms with Crippen molar-refractivity contribution < 1.29 is 28.3 Å². The van der Waals surface area contributed by atoms with E-state index in [-0.39, 0.29) is 19.4 Å². The molecule has 0 saturated carbocycles. The number of phosphoric ester groups is 1. The summed E-state index contributed by atoms with van der Waals surface area (Å²) in [6.07, 6.45) is 4.48. The second kappa shape index (κ2) is 12.6. The highest BCUT2D eigenvalue weighted by Crippen LogP contribution is 2.51. The van der Waals surface area contributed by atoms with Gasteiger partial charge in [0.2, 0.25) is 0 Å². The standard InChI is InChI=1S/C14H31O6P/c1-4-7-8-9-10-11-12-18-21(17,19-13(15)5-2)20-14(16)6-3/h13-16H,4-12H2,1-3H3. The molecule has 0 aromatic carbocycles. The summed E-state index contributed by atoms with van der Waals surface area (Å²) in [5.41, 5.74) is 0. The summed E-state index contributed by atoms with van der Waals surface area (Å²) in [6, 6.07) is 0. The summed E-state index contributed by atoms with van der Waals surface area (Å²) in [5.74, 6) is 0. The van der Waals surface area contributed by atoms with Crippen LogP contribution in [0.4, 0.5) is 0 Å². The minimum atomic E-state index is -3.93. The predicted octanol–water partition coefficient (Wildman–Crippen LogP) is 3.96. The minimum absolute atomic E-state index is 0.219. The molecule has 2 unspecified atom stereocenters. The van der Waals surface area contributed by atoms with Crippen LogP contribution in [0.1, 0.15) is 72.1 Å². The van der Waals surface area contributed by atoms with E-state index in [2.05, 4.69) is 6.92 Å². The Morgan fingerprint density at radius 1 is 0.857 bits per heavy atom. The molecule has 128 valence electrons. The summed E-state index contributed by atoms with van der Waals surface area (Å²) in [5, 5.41) is 18.9. The molecular weight excluding hydrogens is 295 g/mol. The van der Waals surface area contributed by atoms with Crippen molar-refractivity contribution in [2.75, 3.05) is 6.61 Å². The topological polar surface area (TPSA) is 85.2 Å². The van der Waals surface area contributed by atoms with E-state index < -0.39 is 20.4 Å². The molecule has 2 atom stereocenters. The summed E-state index contributed by atoms with van der Waals surface area (Å²) in [4.78, 5) is 0. The van der Waals surface area contributed by atoms with Crippen LogP contribution >= 0.6 is 7.82 Å². The highest BCUT2D eigenvalue weighted by molar-refractivity contribution is 7.48. The fourth-order valence-corrected chi connectivity index (χ4v) is 3.01. The summed E-state index contributed by atoms with van der Waals surface area (Å²) in [6.45, 7) is 5.74. The van der Waals surface area contributed by atoms with E-state index >= 15 is 0 Å². The molecule has 0 radical (unpaired) electrons. The number of phosphoric acid groups is 1. The lowest BCUT2D eigenvalue weighted by Gasteiger charge is -2.22. The molecule has 0 rings (SSSR count). The maximum Gasteiger partial charge on any atom is 0.479 e. The van der Waals surface area contributed by atoms with E-state index in [1.54, 1.807) is 13.8 Å². The first-order valence-corrected chi connectivity index (χ1v) is 9.41. The van der Waals surface area contributed by atoms with Crippen LogP contribution in [0.25, 0.3) is 0 Å². The SMILES string of the molecule is CCCCCCCCOP(=O)(OC(O)CC)OC(O)CC. The Balaban J connectivity index is 4.12. The molecule has 0 bridgehead atoms. The average molecular weight is 326 g/mol. The fourth-order valence-electron chi connectivity index (χ4n) is 1.59. The van der Waals surface area contributed by atoms with Crippen LogP contribution in [-0.2, 0) is 18.1 Å². The van der Waals surface area contributed by atoms with Crippen molar-refractivity contribution in [2.45, 2.75) is 84.7 Å². The molecule has 0 aliphatic rings. The molecule has 21 heavy (non-hydrogen) atoms. The Morgan fingerprint density at radius 2 is 1.33 bits per heavy atom. The number of aliphatic hydroxyl groups is 2. The van der Waals surface area contributed by atoms with E-state index in [4.69, 9.17) is 13.6 Å². The van der Waals surface area contributed by atoms with Gasteiger partial charge in [-0.1, -0.05) is 52.9 Å². The van der Waals surface area contributed by atoms with Gasteiger partial charge in [0.25, 0.3) is 0 Å². The Morgan fingerprint density at radius 3 is 1.81 bits per heavy atom. The quantitative estimate of drug-likeness (QED) is 0.285. The Labute approximate surface area is 128 Å². The van der Waals surface area contributed by atoms with E-state index in [1.807, 2.05) is 0 Å². The van der Waals surface area contributed by atoms with Gasteiger partial charge < -0.3 is 10.2 Å². The van der Waals surface area contributed by atoms with Gasteiger partial charge in [-0.25, -0.2) is 4.57 Å². The van der Waals surface area contributed by atoms with Crippen LogP contribution in [0.15, 0.2) is 0 Å². The van der Waals surface area contributed by atoms with Crippen LogP contribution in [-0.4, -0.2) is 29.4 Å². The first kappa shape index (κ1) is 21.0. The third kappa shape index (κ3) is 11.3. The maximum absolute atomic E-state index is 12.3. The predicted molar refractivity (Wildman–Crippen MR) is 81.7 cm³/mol. The zero-order chi connectivity index (χ0) is 16.1. The van der Waals surface area contributed by atoms with Crippen LogP contribution in [0.3, 0.4) is 0 Å². The van der Waals surface area contributed by atoms with Crippen LogP contribution in [0, 0.1) is 0 Å². The van der Waals surface area contributed by atoms with Gasteiger partial charge in [0.15, 0.2) is 12.6 Å². The van der Waals surface area contributed by atoms with Gasteiger partial charge >= 0.3 is 7.82 Å². The molecule has 0 aromatic rings. The number of hydrogen-bond acceptors (Lipinski definition) is 6. The van der Waals surface area contributed by atoms with Gasteiger partial charge in [-0.2, -0.15) is 0 Å². The van der Waals surface area contributed by atoms with E-state index in [9.17, 15) is 14.8 Å². The number of aliphatic hydroxyl groups excluding tert-OH is 2. The second-order valence-corrected chi connectivity index (χ2v) is 6.56. The molecule has 0 spiro atoms. The van der Waals surface area contributed by atoms with E-state index in [1.165, 1.54) is 19.3 Å². The van der Waals surface area contributed by atoms with Gasteiger partial charge in [0.1, 0.15) is 0 Å². The molecule has 0 fully saturated rings. The van der Waals surface area contributed by atoms with Crippen molar-refractivity contribution in [2.24, 2.45) is 0 Å². The average Bonchev–Trinajstić information content (AvgIpc) is 2.45. The van der Waals surface area contributed by atoms with Crippen molar-refractivity contribution >= 4 is 7.82 Å². The minimum Gasteiger partial charge on any atom is -0.367 e. The van der Waals surface area contributed by atoms with Gasteiger partial charge in [-0.3, -0.25) is 13.6 Å². The van der Waals surface area contributed by atoms with Crippen LogP contribution in [0.5, 0.6) is 0 Å². The zero-order valence-corrected chi connectivity index (χ0v) is 14.4. The highest BCUT2D eigenvalue weighted by Gasteiger charge is 2.32. The monoisotopic (exact) mass is 326 g/mol. The molecule has 0 heterocycles. The molecule has 6 nitrogen and oxygen atoms in total. The lowest BCUT2D eigenvalue weighted by Crippen LogP contribution is -2.16. The Hall–Kier alpha value is 0.0300. The largest absolute Gasteiger partial charge is 0.479 e. The molecule has 2 N–H and O–H groups in total. The van der Waals surface area contributed by atoms with Gasteiger partial charge in [-0.05, 0) is 19.3 Å². The lowest BCUT2D eigenvalue weighted by atomic mass is 10.1. The van der Waals surface area contributed by atoms with Gasteiger partial charge in [0.05, 0.1) is 6.61 Å². The first-order valence-electron chi connectivity index (χ1n) is 7.94. The smallest absolute Gasteiger partial charge is 0.367 e. The van der Waals surface area contributed by atoms with Crippen LogP contribution in [0.2, 0.25) is 0 Å². The fraction of sp³-hybridized carbons (Fsp3) is 1.00. The summed E-state index contributed by atoms with van der Waals surface area (Å²) in [7, 11) is -3.93. The van der Waals surface area contributed by atoms with Crippen LogP contribution < -0.4 is 0 Å². The molecule has 0 saturated heterocycles. The van der Waals surface area contributed by atoms with Crippen molar-refractivity contribution in [1.29, 1.82) is 0 Å². The van der Waals surface area contributed by atoms with Crippen molar-refractivity contribution in [3.8, 4) is 0 Å². The molecule has 0 aliphatic heterocycles. The molecule has 0 aliphatic carbocycles. The van der Waals surface area contributed by atoms with Crippen molar-refractivity contribution in [3.63, 3.8) is 0 Å². The second-order valence-electron chi connectivity index (χ2n) is 4.98. The Kier molecular flexibility index (Phi) is 12.6. The van der Waals surface area contributed by atoms with Crippen molar-refractivity contribution in [1.82, 2.24) is 0 Å². The van der Waals surface area contributed by atoms with E-state index in [0.29, 0.717) is 0 Å². The summed E-state index contributed by atoms with van der Waals surface area (Å²) >= 11 is 0. The summed E-state index contributed by atoms with van der Waals surface area (Å²) < 4.78 is 27.3. The molecule has 0 aromatic heterocycles. The molecular formula is C14H31O6P. The molecule has 7 heteroatoms. The number of unbranched alkanes of at least 4 members (excludes halogenated alkanes) is 5. The highest BCUT2D eigenvalue weighted by atomic mass is 31.2. The third-order valence-corrected chi connectivity index (χ3v) is 4.45. The Bertz CT molecular complexity index is 271. The molecule has 0 amide bonds.